The summed E-state index contributed by atoms with van der Waals surface area (Å²) in [7, 11) is 0. The summed E-state index contributed by atoms with van der Waals surface area (Å²) in [5.41, 5.74) is 2.39. The molecular weight excluding hydrogens is 140 g/mol. The first-order valence-corrected chi connectivity index (χ1v) is 3.70. The first-order chi connectivity index (χ1) is 5.29. The van der Waals surface area contributed by atoms with Crippen LogP contribution in [0.3, 0.4) is 0 Å². The second-order valence-corrected chi connectivity index (χ2v) is 2.80. The van der Waals surface area contributed by atoms with Crippen molar-refractivity contribution >= 4 is 5.82 Å². The van der Waals surface area contributed by atoms with Crippen molar-refractivity contribution in [3.05, 3.63) is 23.4 Å². The van der Waals surface area contributed by atoms with E-state index in [1.165, 1.54) is 16.2 Å². The first kappa shape index (κ1) is 6.61. The van der Waals surface area contributed by atoms with E-state index in [-0.39, 0.29) is 0 Å². The van der Waals surface area contributed by atoms with Gasteiger partial charge in [-0.05, 0) is 25.0 Å². The van der Waals surface area contributed by atoms with Gasteiger partial charge in [0.2, 0.25) is 0 Å². The Morgan fingerprint density at radius 1 is 1.64 bits per heavy atom. The second-order valence-electron chi connectivity index (χ2n) is 2.80. The van der Waals surface area contributed by atoms with Crippen LogP contribution in [-0.4, -0.2) is 16.7 Å². The van der Waals surface area contributed by atoms with Crippen LogP contribution in [0.4, 0.5) is 5.82 Å². The molecule has 0 fully saturated rings. The monoisotopic (exact) mass is 150 g/mol. The molecule has 3 nitrogen and oxygen atoms in total. The molecule has 0 amide bonds. The molecule has 1 N–H and O–H groups in total. The van der Waals surface area contributed by atoms with Crippen molar-refractivity contribution in [1.82, 2.24) is 4.98 Å². The second kappa shape index (κ2) is 2.20. The van der Waals surface area contributed by atoms with E-state index < -0.39 is 0 Å². The Bertz CT molecular complexity index is 285. The molecule has 0 saturated heterocycles. The lowest BCUT2D eigenvalue weighted by Gasteiger charge is -2.07. The quantitative estimate of drug-likeness (QED) is 0.602. The van der Waals surface area contributed by atoms with Crippen LogP contribution >= 0.6 is 0 Å². The Hall–Kier alpha value is -1.09. The first-order valence-electron chi connectivity index (χ1n) is 3.70. The highest BCUT2D eigenvalue weighted by molar-refractivity contribution is 5.52. The highest BCUT2D eigenvalue weighted by Crippen LogP contribution is 2.25. The van der Waals surface area contributed by atoms with Crippen LogP contribution < -0.4 is 5.06 Å². The van der Waals surface area contributed by atoms with Gasteiger partial charge >= 0.3 is 0 Å². The number of hydroxylamine groups is 1. The van der Waals surface area contributed by atoms with Gasteiger partial charge in [-0.1, -0.05) is 0 Å². The van der Waals surface area contributed by atoms with Gasteiger partial charge in [0.25, 0.3) is 0 Å². The number of nitrogens with zero attached hydrogens (tertiary/aromatic N) is 2. The number of fused-ring (bicyclic) bond motifs is 1. The van der Waals surface area contributed by atoms with Gasteiger partial charge in [-0.2, -0.15) is 0 Å². The van der Waals surface area contributed by atoms with Crippen molar-refractivity contribution in [2.24, 2.45) is 0 Å². The molecule has 0 bridgehead atoms. The van der Waals surface area contributed by atoms with E-state index >= 15 is 0 Å². The van der Waals surface area contributed by atoms with Crippen LogP contribution in [0.15, 0.2) is 12.3 Å². The molecule has 1 aromatic heterocycles. The van der Waals surface area contributed by atoms with Gasteiger partial charge in [0.05, 0.1) is 6.54 Å². The molecule has 0 aromatic carbocycles. The van der Waals surface area contributed by atoms with Gasteiger partial charge < -0.3 is 0 Å². The normalized spacial score (nSPS) is 15.3. The van der Waals surface area contributed by atoms with Crippen LogP contribution in [0.5, 0.6) is 0 Å². The van der Waals surface area contributed by atoms with Gasteiger partial charge in [-0.25, -0.2) is 10.0 Å². The van der Waals surface area contributed by atoms with E-state index in [1.807, 2.05) is 13.0 Å². The van der Waals surface area contributed by atoms with E-state index in [1.54, 1.807) is 6.20 Å². The maximum atomic E-state index is 9.28. The number of anilines is 1. The molecule has 1 aliphatic heterocycles. The van der Waals surface area contributed by atoms with Gasteiger partial charge in [-0.15, -0.1) is 0 Å². The number of hydrogen-bond donors (Lipinski definition) is 1. The maximum absolute atomic E-state index is 9.28. The summed E-state index contributed by atoms with van der Waals surface area (Å²) < 4.78 is 0. The van der Waals surface area contributed by atoms with E-state index in [4.69, 9.17) is 0 Å². The molecular formula is C8H10N2O. The van der Waals surface area contributed by atoms with Crippen LogP contribution in [0.2, 0.25) is 0 Å². The lowest BCUT2D eigenvalue weighted by Crippen LogP contribution is -2.14. The lowest BCUT2D eigenvalue weighted by molar-refractivity contribution is 0.261. The zero-order chi connectivity index (χ0) is 7.84. The minimum Gasteiger partial charge on any atom is -0.287 e. The van der Waals surface area contributed by atoms with Crippen molar-refractivity contribution in [3.63, 3.8) is 0 Å². The SMILES string of the molecule is Cc1ccnc2c1CCN2O. The zero-order valence-electron chi connectivity index (χ0n) is 6.41. The summed E-state index contributed by atoms with van der Waals surface area (Å²) in [6, 6.07) is 1.97. The fourth-order valence-electron chi connectivity index (χ4n) is 1.43. The minimum atomic E-state index is 0.674. The molecule has 11 heavy (non-hydrogen) atoms. The smallest absolute Gasteiger partial charge is 0.155 e. The van der Waals surface area contributed by atoms with Crippen LogP contribution in [-0.2, 0) is 6.42 Å². The summed E-state index contributed by atoms with van der Waals surface area (Å²) in [5.74, 6) is 0.727. The fraction of sp³-hybridized carbons (Fsp3) is 0.375. The Morgan fingerprint density at radius 3 is 3.18 bits per heavy atom. The zero-order valence-corrected chi connectivity index (χ0v) is 6.41. The van der Waals surface area contributed by atoms with Gasteiger partial charge in [-0.3, -0.25) is 5.21 Å². The Morgan fingerprint density at radius 2 is 2.45 bits per heavy atom. The minimum absolute atomic E-state index is 0.674. The van der Waals surface area contributed by atoms with Gasteiger partial charge in [0.1, 0.15) is 0 Å². The molecule has 0 saturated carbocycles. The molecule has 0 aliphatic carbocycles. The predicted octanol–water partition coefficient (Wildman–Crippen LogP) is 1.14. The summed E-state index contributed by atoms with van der Waals surface area (Å²) in [5, 5.41) is 10.5. The summed E-state index contributed by atoms with van der Waals surface area (Å²) in [6.07, 6.45) is 2.63. The largest absolute Gasteiger partial charge is 0.287 e. The Balaban J connectivity index is 2.57. The Kier molecular flexibility index (Phi) is 1.32. The average molecular weight is 150 g/mol. The standard InChI is InChI=1S/C8H10N2O/c1-6-2-4-9-8-7(6)3-5-10(8)11/h2,4,11H,3,5H2,1H3. The molecule has 2 heterocycles. The molecule has 58 valence electrons. The molecule has 1 aromatic rings. The predicted molar refractivity (Wildman–Crippen MR) is 41.8 cm³/mol. The van der Waals surface area contributed by atoms with Gasteiger partial charge in [0, 0.05) is 11.8 Å². The summed E-state index contributed by atoms with van der Waals surface area (Å²) in [4.78, 5) is 4.08. The Labute approximate surface area is 65.2 Å². The molecule has 0 unspecified atom stereocenters. The maximum Gasteiger partial charge on any atom is 0.155 e. The van der Waals surface area contributed by atoms with Crippen molar-refractivity contribution < 1.29 is 5.21 Å². The lowest BCUT2D eigenvalue weighted by atomic mass is 10.1. The number of aryl methyl sites for hydroxylation is 1. The van der Waals surface area contributed by atoms with Crippen molar-refractivity contribution in [2.75, 3.05) is 11.6 Å². The number of rotatable bonds is 0. The fourth-order valence-corrected chi connectivity index (χ4v) is 1.43. The summed E-state index contributed by atoms with van der Waals surface area (Å²) in [6.45, 7) is 2.72. The van der Waals surface area contributed by atoms with Crippen LogP contribution in [0, 0.1) is 6.92 Å². The highest BCUT2D eigenvalue weighted by Gasteiger charge is 2.19. The number of aromatic nitrogens is 1. The molecule has 0 spiro atoms. The molecule has 2 rings (SSSR count). The van der Waals surface area contributed by atoms with E-state index in [0.29, 0.717) is 6.54 Å². The van der Waals surface area contributed by atoms with Crippen molar-refractivity contribution in [1.29, 1.82) is 0 Å². The molecule has 1 aliphatic rings. The molecule has 0 atom stereocenters. The number of hydrogen-bond acceptors (Lipinski definition) is 3. The third-order valence-corrected chi connectivity index (χ3v) is 2.09. The highest BCUT2D eigenvalue weighted by atomic mass is 16.5. The third-order valence-electron chi connectivity index (χ3n) is 2.09. The van der Waals surface area contributed by atoms with E-state index in [0.717, 1.165) is 12.2 Å². The van der Waals surface area contributed by atoms with Gasteiger partial charge in [0.15, 0.2) is 5.82 Å². The van der Waals surface area contributed by atoms with E-state index in [9.17, 15) is 5.21 Å². The van der Waals surface area contributed by atoms with Crippen LogP contribution in [0.1, 0.15) is 11.1 Å². The molecule has 0 radical (unpaired) electrons. The average Bonchev–Trinajstić information content (AvgIpc) is 2.35. The summed E-state index contributed by atoms with van der Waals surface area (Å²) >= 11 is 0. The van der Waals surface area contributed by atoms with Crippen LogP contribution in [0.25, 0.3) is 0 Å². The third kappa shape index (κ3) is 0.886. The van der Waals surface area contributed by atoms with E-state index in [2.05, 4.69) is 4.98 Å². The number of pyridine rings is 1. The topological polar surface area (TPSA) is 36.4 Å². The molecule has 3 heteroatoms. The van der Waals surface area contributed by atoms with Crippen molar-refractivity contribution in [3.8, 4) is 0 Å². The van der Waals surface area contributed by atoms with Crippen molar-refractivity contribution in [2.45, 2.75) is 13.3 Å².